The fraction of sp³-hybridized carbons (Fsp3) is 0.0667. The zero-order chi connectivity index (χ0) is 17.6. The topological polar surface area (TPSA) is 97.8 Å². The molecule has 0 unspecified atom stereocenters. The molecule has 4 rings (SSSR count). The van der Waals surface area contributed by atoms with Gasteiger partial charge in [-0.15, -0.1) is 0 Å². The van der Waals surface area contributed by atoms with Crippen LogP contribution in [0.5, 0.6) is 0 Å². The van der Waals surface area contributed by atoms with Gasteiger partial charge in [0.1, 0.15) is 11.1 Å². The number of nitrogens with one attached hydrogen (secondary N) is 1. The second-order valence-corrected chi connectivity index (χ2v) is 5.02. The number of fused-ring (bicyclic) bond motifs is 1. The molecule has 0 aliphatic rings. The van der Waals surface area contributed by atoms with Crippen molar-refractivity contribution >= 4 is 11.0 Å². The molecular weight excluding hydrogens is 341 g/mol. The molecule has 3 heterocycles. The molecule has 1 aromatic carbocycles. The molecule has 0 spiro atoms. The summed E-state index contributed by atoms with van der Waals surface area (Å²) in [7, 11) is 0. The summed E-state index contributed by atoms with van der Waals surface area (Å²) in [4.78, 5) is 21.7. The minimum Gasteiger partial charge on any atom is -0.451 e. The Morgan fingerprint density at radius 1 is 1.16 bits per heavy atom. The van der Waals surface area contributed by atoms with E-state index in [1.54, 1.807) is 12.1 Å². The fourth-order valence-electron chi connectivity index (χ4n) is 2.40. The lowest BCUT2D eigenvalue weighted by molar-refractivity contribution is -0.151. The summed E-state index contributed by atoms with van der Waals surface area (Å²) in [6.07, 6.45) is -2.40. The largest absolute Gasteiger partial charge is 0.451 e. The smallest absolute Gasteiger partial charge is 0.450 e. The van der Waals surface area contributed by atoms with E-state index in [1.807, 2.05) is 0 Å². The molecule has 7 nitrogen and oxygen atoms in total. The van der Waals surface area contributed by atoms with Gasteiger partial charge in [0, 0.05) is 11.6 Å². The second kappa shape index (κ2) is 5.30. The Morgan fingerprint density at radius 2 is 1.96 bits per heavy atom. The highest BCUT2D eigenvalue weighted by molar-refractivity contribution is 5.93. The van der Waals surface area contributed by atoms with E-state index in [2.05, 4.69) is 20.1 Å². The van der Waals surface area contributed by atoms with Crippen LogP contribution < -0.4 is 5.56 Å². The van der Waals surface area contributed by atoms with Crippen molar-refractivity contribution in [2.75, 3.05) is 0 Å². The van der Waals surface area contributed by atoms with Crippen LogP contribution in [-0.4, -0.2) is 20.1 Å². The van der Waals surface area contributed by atoms with Crippen LogP contribution in [-0.2, 0) is 6.18 Å². The van der Waals surface area contributed by atoms with Crippen molar-refractivity contribution in [3.63, 3.8) is 0 Å². The van der Waals surface area contributed by atoms with Crippen molar-refractivity contribution in [1.82, 2.24) is 20.1 Å². The van der Waals surface area contributed by atoms with Gasteiger partial charge in [-0.05, 0) is 6.07 Å². The van der Waals surface area contributed by atoms with Crippen LogP contribution in [0.3, 0.4) is 0 Å². The number of benzene rings is 1. The number of halogens is 3. The number of hydrogen-bond donors (Lipinski definition) is 1. The van der Waals surface area contributed by atoms with Gasteiger partial charge in [0.2, 0.25) is 11.6 Å². The molecule has 0 saturated heterocycles. The quantitative estimate of drug-likeness (QED) is 0.597. The van der Waals surface area contributed by atoms with E-state index in [-0.39, 0.29) is 27.9 Å². The summed E-state index contributed by atoms with van der Waals surface area (Å²) in [6.45, 7) is 0. The molecule has 4 aromatic rings. The fourth-order valence-corrected chi connectivity index (χ4v) is 2.40. The number of H-pyrrole nitrogens is 1. The average molecular weight is 348 g/mol. The van der Waals surface area contributed by atoms with Crippen molar-refractivity contribution in [2.24, 2.45) is 0 Å². The summed E-state index contributed by atoms with van der Waals surface area (Å²) >= 11 is 0. The third-order valence-electron chi connectivity index (χ3n) is 3.45. The molecule has 0 atom stereocenters. The number of rotatable bonds is 2. The minimum atomic E-state index is -4.76. The molecule has 0 aliphatic carbocycles. The first kappa shape index (κ1) is 15.1. The highest BCUT2D eigenvalue weighted by atomic mass is 19.4. The van der Waals surface area contributed by atoms with E-state index in [4.69, 9.17) is 8.94 Å². The maximum Gasteiger partial charge on any atom is 0.450 e. The van der Waals surface area contributed by atoms with Crippen molar-refractivity contribution < 1.29 is 22.1 Å². The SMILES string of the molecule is O=c1[nH]cncc1-c1noc(-c2c(C(F)(F)F)oc3ccccc23)n1. The van der Waals surface area contributed by atoms with E-state index in [1.165, 1.54) is 18.3 Å². The van der Waals surface area contributed by atoms with Crippen molar-refractivity contribution in [3.05, 3.63) is 52.9 Å². The molecular formula is C15H7F3N4O3. The molecule has 126 valence electrons. The van der Waals surface area contributed by atoms with Crippen LogP contribution in [0.4, 0.5) is 13.2 Å². The van der Waals surface area contributed by atoms with Crippen LogP contribution in [0.25, 0.3) is 33.8 Å². The molecule has 0 aliphatic heterocycles. The molecule has 0 bridgehead atoms. The van der Waals surface area contributed by atoms with Gasteiger partial charge in [0.25, 0.3) is 11.4 Å². The van der Waals surface area contributed by atoms with Crippen molar-refractivity contribution in [2.45, 2.75) is 6.18 Å². The number of aromatic amines is 1. The number of para-hydroxylation sites is 1. The third kappa shape index (κ3) is 2.47. The Bertz CT molecular complexity index is 1130. The minimum absolute atomic E-state index is 0.0288. The highest BCUT2D eigenvalue weighted by Gasteiger charge is 2.41. The summed E-state index contributed by atoms with van der Waals surface area (Å²) < 4.78 is 49.8. The molecule has 0 radical (unpaired) electrons. The maximum absolute atomic E-state index is 13.3. The van der Waals surface area contributed by atoms with Gasteiger partial charge in [-0.3, -0.25) is 4.79 Å². The Balaban J connectivity index is 1.94. The van der Waals surface area contributed by atoms with E-state index < -0.39 is 23.4 Å². The van der Waals surface area contributed by atoms with Gasteiger partial charge in [-0.1, -0.05) is 23.4 Å². The van der Waals surface area contributed by atoms with Gasteiger partial charge in [0.15, 0.2) is 0 Å². The van der Waals surface area contributed by atoms with Crippen LogP contribution in [0.1, 0.15) is 5.76 Å². The van der Waals surface area contributed by atoms with Gasteiger partial charge in [-0.2, -0.15) is 18.2 Å². The zero-order valence-electron chi connectivity index (χ0n) is 12.2. The number of alkyl halides is 3. The molecule has 0 fully saturated rings. The van der Waals surface area contributed by atoms with E-state index >= 15 is 0 Å². The lowest BCUT2D eigenvalue weighted by atomic mass is 10.1. The first-order valence-corrected chi connectivity index (χ1v) is 6.91. The number of nitrogens with zero attached hydrogens (tertiary/aromatic N) is 3. The predicted molar refractivity (Wildman–Crippen MR) is 78.4 cm³/mol. The molecule has 0 amide bonds. The molecule has 25 heavy (non-hydrogen) atoms. The molecule has 0 saturated carbocycles. The van der Waals surface area contributed by atoms with Crippen LogP contribution in [0, 0.1) is 0 Å². The summed E-state index contributed by atoms with van der Waals surface area (Å²) in [5.41, 5.74) is -0.916. The Kier molecular flexibility index (Phi) is 3.20. The van der Waals surface area contributed by atoms with Gasteiger partial charge in [0.05, 0.1) is 11.9 Å². The molecule has 3 aromatic heterocycles. The van der Waals surface area contributed by atoms with Gasteiger partial charge in [-0.25, -0.2) is 4.98 Å². The summed E-state index contributed by atoms with van der Waals surface area (Å²) in [6, 6.07) is 5.95. The van der Waals surface area contributed by atoms with Crippen molar-refractivity contribution in [1.29, 1.82) is 0 Å². The Morgan fingerprint density at radius 3 is 2.72 bits per heavy atom. The monoisotopic (exact) mass is 348 g/mol. The van der Waals surface area contributed by atoms with Gasteiger partial charge >= 0.3 is 6.18 Å². The molecule has 10 heteroatoms. The van der Waals surface area contributed by atoms with Gasteiger partial charge < -0.3 is 13.9 Å². The Hall–Kier alpha value is -3.43. The standard InChI is InChI=1S/C15H7F3N4O3/c16-15(17,18)11-10(7-3-1-2-4-9(7)24-11)14-21-12(22-25-14)8-5-19-6-20-13(8)23/h1-6H,(H,19,20,23). The van der Waals surface area contributed by atoms with Crippen LogP contribution >= 0.6 is 0 Å². The summed E-state index contributed by atoms with van der Waals surface area (Å²) in [5, 5.41) is 3.75. The average Bonchev–Trinajstić information content (AvgIpc) is 3.19. The lowest BCUT2D eigenvalue weighted by Gasteiger charge is -2.03. The zero-order valence-corrected chi connectivity index (χ0v) is 12.2. The first-order chi connectivity index (χ1) is 11.9. The van der Waals surface area contributed by atoms with Crippen LogP contribution in [0.15, 0.2) is 50.5 Å². The summed E-state index contributed by atoms with van der Waals surface area (Å²) in [5.74, 6) is -1.83. The van der Waals surface area contributed by atoms with E-state index in [0.717, 1.165) is 6.33 Å². The first-order valence-electron chi connectivity index (χ1n) is 6.91. The predicted octanol–water partition coefficient (Wildman–Crippen LogP) is 3.25. The van der Waals surface area contributed by atoms with E-state index in [0.29, 0.717) is 0 Å². The molecule has 1 N–H and O–H groups in total. The van der Waals surface area contributed by atoms with Crippen LogP contribution in [0.2, 0.25) is 0 Å². The number of hydrogen-bond acceptors (Lipinski definition) is 6. The lowest BCUT2D eigenvalue weighted by Crippen LogP contribution is -2.09. The number of aromatic nitrogens is 4. The maximum atomic E-state index is 13.3. The normalized spacial score (nSPS) is 12.0. The van der Waals surface area contributed by atoms with Crippen molar-refractivity contribution in [3.8, 4) is 22.8 Å². The van der Waals surface area contributed by atoms with E-state index in [9.17, 15) is 18.0 Å². The second-order valence-electron chi connectivity index (χ2n) is 5.02. The number of furan rings is 1. The third-order valence-corrected chi connectivity index (χ3v) is 3.45. The Labute approximate surface area is 136 Å². The highest BCUT2D eigenvalue weighted by Crippen LogP contribution is 2.43.